The van der Waals surface area contributed by atoms with E-state index in [4.69, 9.17) is 4.74 Å². The van der Waals surface area contributed by atoms with E-state index in [9.17, 15) is 14.4 Å². The van der Waals surface area contributed by atoms with Crippen LogP contribution in [-0.2, 0) is 4.74 Å². The molecule has 1 aromatic carbocycles. The van der Waals surface area contributed by atoms with Crippen molar-refractivity contribution in [1.29, 1.82) is 0 Å². The number of H-pyrrole nitrogens is 1. The summed E-state index contributed by atoms with van der Waals surface area (Å²) >= 11 is 0. The van der Waals surface area contributed by atoms with Crippen molar-refractivity contribution in [2.24, 2.45) is 0 Å². The first-order valence-corrected chi connectivity index (χ1v) is 6.87. The lowest BCUT2D eigenvalue weighted by molar-refractivity contribution is 0.0473. The molecule has 0 spiro atoms. The van der Waals surface area contributed by atoms with Gasteiger partial charge in [0.25, 0.3) is 0 Å². The van der Waals surface area contributed by atoms with Gasteiger partial charge < -0.3 is 9.72 Å². The number of ether oxygens (including phenoxy) is 1. The summed E-state index contributed by atoms with van der Waals surface area (Å²) in [5, 5.41) is 0. The first kappa shape index (κ1) is 15.7. The highest BCUT2D eigenvalue weighted by Crippen LogP contribution is 2.19. The second-order valence-electron chi connectivity index (χ2n) is 5.05. The Morgan fingerprint density at radius 3 is 2.27 bits per heavy atom. The molecule has 0 atom stereocenters. The molecule has 0 fully saturated rings. The van der Waals surface area contributed by atoms with Crippen LogP contribution in [0.25, 0.3) is 0 Å². The van der Waals surface area contributed by atoms with Crippen LogP contribution in [0.15, 0.2) is 30.3 Å². The molecule has 5 nitrogen and oxygen atoms in total. The molecule has 2 aromatic rings. The van der Waals surface area contributed by atoms with E-state index in [1.807, 2.05) is 0 Å². The normalized spacial score (nSPS) is 10.3. The fourth-order valence-electron chi connectivity index (χ4n) is 2.42. The van der Waals surface area contributed by atoms with Gasteiger partial charge in [0.15, 0.2) is 12.4 Å². The van der Waals surface area contributed by atoms with Gasteiger partial charge in [0.1, 0.15) is 0 Å². The molecule has 0 aliphatic heterocycles. The molecule has 0 saturated carbocycles. The number of aryl methyl sites for hydroxylation is 1. The molecule has 0 radical (unpaired) electrons. The molecule has 1 N–H and O–H groups in total. The molecular formula is C17H17NO4. The fraction of sp³-hybridized carbons (Fsp3) is 0.235. The van der Waals surface area contributed by atoms with Gasteiger partial charge in [-0.2, -0.15) is 0 Å². The second kappa shape index (κ2) is 6.39. The zero-order valence-corrected chi connectivity index (χ0v) is 12.7. The van der Waals surface area contributed by atoms with E-state index in [2.05, 4.69) is 4.98 Å². The molecular weight excluding hydrogens is 282 g/mol. The predicted octanol–water partition coefficient (Wildman–Crippen LogP) is 2.87. The van der Waals surface area contributed by atoms with Crippen molar-refractivity contribution in [2.75, 3.05) is 6.61 Å². The van der Waals surface area contributed by atoms with Crippen LogP contribution < -0.4 is 0 Å². The standard InChI is InChI=1S/C17H17NO4/c1-10-15(12(3)19)11(2)18-16(10)14(20)9-22-17(21)13-7-5-4-6-8-13/h4-8,18H,9H2,1-3H3. The number of nitrogens with one attached hydrogen (secondary N) is 1. The number of hydrogen-bond acceptors (Lipinski definition) is 4. The highest BCUT2D eigenvalue weighted by Gasteiger charge is 2.20. The van der Waals surface area contributed by atoms with Gasteiger partial charge in [-0.05, 0) is 38.5 Å². The van der Waals surface area contributed by atoms with Gasteiger partial charge >= 0.3 is 5.97 Å². The van der Waals surface area contributed by atoms with Crippen molar-refractivity contribution in [3.05, 3.63) is 58.4 Å². The minimum atomic E-state index is -0.554. The summed E-state index contributed by atoms with van der Waals surface area (Å²) in [5.41, 5.74) is 2.44. The smallest absolute Gasteiger partial charge is 0.338 e. The van der Waals surface area contributed by atoms with E-state index in [1.165, 1.54) is 6.92 Å². The zero-order chi connectivity index (χ0) is 16.3. The van der Waals surface area contributed by atoms with Gasteiger partial charge in [-0.25, -0.2) is 4.79 Å². The summed E-state index contributed by atoms with van der Waals surface area (Å²) in [5.74, 6) is -1.02. The monoisotopic (exact) mass is 299 g/mol. The maximum Gasteiger partial charge on any atom is 0.338 e. The van der Waals surface area contributed by atoms with Crippen molar-refractivity contribution >= 4 is 17.5 Å². The molecule has 0 amide bonds. The van der Waals surface area contributed by atoms with Crippen molar-refractivity contribution in [1.82, 2.24) is 4.98 Å². The van der Waals surface area contributed by atoms with E-state index >= 15 is 0 Å². The minimum absolute atomic E-state index is 0.105. The fourth-order valence-corrected chi connectivity index (χ4v) is 2.42. The Hall–Kier alpha value is -2.69. The summed E-state index contributed by atoms with van der Waals surface area (Å²) in [6.45, 7) is 4.52. The Balaban J connectivity index is 2.09. The highest BCUT2D eigenvalue weighted by molar-refractivity contribution is 6.04. The van der Waals surface area contributed by atoms with Crippen molar-refractivity contribution in [3.63, 3.8) is 0 Å². The van der Waals surface area contributed by atoms with Crippen LogP contribution in [0.2, 0.25) is 0 Å². The lowest BCUT2D eigenvalue weighted by atomic mass is 10.1. The first-order chi connectivity index (χ1) is 10.4. The van der Waals surface area contributed by atoms with Crippen LogP contribution in [0, 0.1) is 13.8 Å². The number of Topliss-reactive ketones (excluding diaryl/α,β-unsaturated/α-hetero) is 2. The topological polar surface area (TPSA) is 76.2 Å². The van der Waals surface area contributed by atoms with Crippen LogP contribution in [-0.4, -0.2) is 29.1 Å². The summed E-state index contributed by atoms with van der Waals surface area (Å²) in [4.78, 5) is 38.4. The average molecular weight is 299 g/mol. The van der Waals surface area contributed by atoms with Gasteiger partial charge in [0.05, 0.1) is 11.3 Å². The van der Waals surface area contributed by atoms with Crippen LogP contribution in [0.3, 0.4) is 0 Å². The van der Waals surface area contributed by atoms with Crippen LogP contribution >= 0.6 is 0 Å². The summed E-state index contributed by atoms with van der Waals surface area (Å²) in [7, 11) is 0. The van der Waals surface area contributed by atoms with Crippen LogP contribution in [0.4, 0.5) is 0 Å². The van der Waals surface area contributed by atoms with Gasteiger partial charge in [-0.15, -0.1) is 0 Å². The number of esters is 1. The number of aromatic nitrogens is 1. The average Bonchev–Trinajstić information content (AvgIpc) is 2.80. The number of hydrogen-bond donors (Lipinski definition) is 1. The van der Waals surface area contributed by atoms with E-state index < -0.39 is 5.97 Å². The van der Waals surface area contributed by atoms with Gasteiger partial charge in [0, 0.05) is 11.3 Å². The Kier molecular flexibility index (Phi) is 4.56. The van der Waals surface area contributed by atoms with E-state index in [1.54, 1.807) is 44.2 Å². The van der Waals surface area contributed by atoms with Gasteiger partial charge in [-0.1, -0.05) is 18.2 Å². The number of carbonyl (C=O) groups is 3. The van der Waals surface area contributed by atoms with E-state index in [0.29, 0.717) is 28.1 Å². The number of carbonyl (C=O) groups excluding carboxylic acids is 3. The number of ketones is 2. The Morgan fingerprint density at radius 1 is 1.09 bits per heavy atom. The zero-order valence-electron chi connectivity index (χ0n) is 12.7. The second-order valence-corrected chi connectivity index (χ2v) is 5.05. The maximum atomic E-state index is 12.2. The largest absolute Gasteiger partial charge is 0.454 e. The predicted molar refractivity (Wildman–Crippen MR) is 81.3 cm³/mol. The molecule has 114 valence electrons. The Bertz CT molecular complexity index is 729. The van der Waals surface area contributed by atoms with Crippen molar-refractivity contribution in [2.45, 2.75) is 20.8 Å². The maximum absolute atomic E-state index is 12.2. The van der Waals surface area contributed by atoms with Gasteiger partial charge in [-0.3, -0.25) is 9.59 Å². The molecule has 1 heterocycles. The van der Waals surface area contributed by atoms with Crippen LogP contribution in [0.5, 0.6) is 0 Å². The minimum Gasteiger partial charge on any atom is -0.454 e. The molecule has 5 heteroatoms. The number of aromatic amines is 1. The quantitative estimate of drug-likeness (QED) is 0.680. The highest BCUT2D eigenvalue weighted by atomic mass is 16.5. The molecule has 1 aromatic heterocycles. The number of benzene rings is 1. The summed E-state index contributed by atoms with van der Waals surface area (Å²) < 4.78 is 5.02. The first-order valence-electron chi connectivity index (χ1n) is 6.87. The summed E-state index contributed by atoms with van der Waals surface area (Å²) in [6.07, 6.45) is 0. The van der Waals surface area contributed by atoms with Crippen molar-refractivity contribution < 1.29 is 19.1 Å². The molecule has 0 unspecified atom stereocenters. The molecule has 22 heavy (non-hydrogen) atoms. The molecule has 0 aliphatic carbocycles. The molecule has 0 bridgehead atoms. The lowest BCUT2D eigenvalue weighted by Gasteiger charge is -2.04. The van der Waals surface area contributed by atoms with E-state index in [0.717, 1.165) is 0 Å². The third-order valence-electron chi connectivity index (χ3n) is 3.41. The Morgan fingerprint density at radius 2 is 1.73 bits per heavy atom. The SMILES string of the molecule is CC(=O)c1c(C)[nH]c(C(=O)COC(=O)c2ccccc2)c1C. The molecule has 2 rings (SSSR count). The van der Waals surface area contributed by atoms with Crippen LogP contribution in [0.1, 0.15) is 49.4 Å². The third kappa shape index (κ3) is 3.14. The third-order valence-corrected chi connectivity index (χ3v) is 3.41. The van der Waals surface area contributed by atoms with Crippen molar-refractivity contribution in [3.8, 4) is 0 Å². The summed E-state index contributed by atoms with van der Waals surface area (Å²) in [6, 6.07) is 8.46. The molecule has 0 saturated heterocycles. The number of rotatable bonds is 5. The van der Waals surface area contributed by atoms with E-state index in [-0.39, 0.29) is 18.2 Å². The van der Waals surface area contributed by atoms with Gasteiger partial charge in [0.2, 0.25) is 5.78 Å². The Labute approximate surface area is 128 Å². The molecule has 0 aliphatic rings. The lowest BCUT2D eigenvalue weighted by Crippen LogP contribution is -2.15.